The zero-order valence-electron chi connectivity index (χ0n) is 25.4. The number of rotatable bonds is 11. The van der Waals surface area contributed by atoms with Gasteiger partial charge in [-0.15, -0.1) is 10.2 Å². The highest BCUT2D eigenvalue weighted by Gasteiger charge is 2.65. The summed E-state index contributed by atoms with van der Waals surface area (Å²) in [4.78, 5) is 50.6. The molecule has 2 aliphatic carbocycles. The van der Waals surface area contributed by atoms with Crippen LogP contribution < -0.4 is 4.74 Å². The van der Waals surface area contributed by atoms with Gasteiger partial charge in [-0.2, -0.15) is 13.2 Å². The first-order chi connectivity index (χ1) is 22.3. The Kier molecular flexibility index (Phi) is 8.24. The van der Waals surface area contributed by atoms with Gasteiger partial charge < -0.3 is 23.4 Å². The molecule has 1 atom stereocenters. The fourth-order valence-corrected chi connectivity index (χ4v) is 6.09. The first-order valence-electron chi connectivity index (χ1n) is 14.8. The molecule has 14 heteroatoms. The number of furan rings is 1. The second kappa shape index (κ2) is 12.1. The topological polar surface area (TPSA) is 143 Å². The Labute approximate surface area is 266 Å². The van der Waals surface area contributed by atoms with Crippen LogP contribution in [0.5, 0.6) is 5.75 Å². The number of carbonyl (C=O) groups is 4. The molecule has 0 fully saturated rings. The number of alkyl halides is 3. The van der Waals surface area contributed by atoms with Crippen LogP contribution in [0, 0.1) is 6.92 Å². The third-order valence-electron chi connectivity index (χ3n) is 8.55. The summed E-state index contributed by atoms with van der Waals surface area (Å²) in [7, 11) is 0. The number of Topliss-reactive ketones (excluding diaryl/α,β-unsaturated/α-hetero) is 2. The third kappa shape index (κ3) is 5.93. The van der Waals surface area contributed by atoms with Gasteiger partial charge in [0.25, 0.3) is 0 Å². The largest absolute Gasteiger partial charge is 0.482 e. The lowest BCUT2D eigenvalue weighted by Gasteiger charge is -2.37. The molecule has 47 heavy (non-hydrogen) atoms. The maximum atomic E-state index is 13.2. The maximum absolute atomic E-state index is 13.2. The van der Waals surface area contributed by atoms with Crippen LogP contribution in [0.25, 0.3) is 11.3 Å². The molecule has 0 bridgehead atoms. The molecular formula is C33H29F3N2O9. The van der Waals surface area contributed by atoms with E-state index in [1.165, 1.54) is 24.5 Å². The summed E-state index contributed by atoms with van der Waals surface area (Å²) in [6.45, 7) is 2.39. The molecule has 1 aliphatic heterocycles. The first-order valence-corrected chi connectivity index (χ1v) is 14.8. The van der Waals surface area contributed by atoms with E-state index in [1.807, 2.05) is 13.0 Å². The van der Waals surface area contributed by atoms with Crippen molar-refractivity contribution in [2.24, 2.45) is 10.2 Å². The number of aryl methyl sites for hydroxylation is 1. The molecule has 0 saturated heterocycles. The molecule has 11 nitrogen and oxygen atoms in total. The maximum Gasteiger partial charge on any atom is 0.442 e. The van der Waals surface area contributed by atoms with E-state index < -0.39 is 54.0 Å². The van der Waals surface area contributed by atoms with Gasteiger partial charge in [-0.1, -0.05) is 31.2 Å². The Morgan fingerprint density at radius 3 is 2.47 bits per heavy atom. The smallest absolute Gasteiger partial charge is 0.442 e. The summed E-state index contributed by atoms with van der Waals surface area (Å²) in [5, 5.41) is 6.27. The van der Waals surface area contributed by atoms with Crippen molar-refractivity contribution >= 4 is 23.5 Å². The van der Waals surface area contributed by atoms with E-state index in [9.17, 15) is 32.3 Å². The molecule has 3 aromatic rings. The van der Waals surface area contributed by atoms with Crippen molar-refractivity contribution in [2.75, 3.05) is 33.0 Å². The Morgan fingerprint density at radius 1 is 0.979 bits per heavy atom. The van der Waals surface area contributed by atoms with Crippen molar-refractivity contribution in [3.63, 3.8) is 0 Å². The lowest BCUT2D eigenvalue weighted by atomic mass is 9.68. The number of hydrogen-bond donors (Lipinski definition) is 0. The van der Waals surface area contributed by atoms with Crippen LogP contribution in [0.2, 0.25) is 0 Å². The van der Waals surface area contributed by atoms with Crippen molar-refractivity contribution in [1.82, 2.24) is 0 Å². The van der Waals surface area contributed by atoms with Gasteiger partial charge in [0.05, 0.1) is 18.4 Å². The predicted octanol–water partition coefficient (Wildman–Crippen LogP) is 5.59. The van der Waals surface area contributed by atoms with Crippen molar-refractivity contribution in [1.29, 1.82) is 0 Å². The van der Waals surface area contributed by atoms with E-state index in [2.05, 4.69) is 10.2 Å². The van der Waals surface area contributed by atoms with Gasteiger partial charge in [0.2, 0.25) is 11.6 Å². The van der Waals surface area contributed by atoms with Crippen LogP contribution in [0.3, 0.4) is 0 Å². The van der Waals surface area contributed by atoms with Gasteiger partial charge in [0, 0.05) is 22.1 Å². The summed E-state index contributed by atoms with van der Waals surface area (Å²) < 4.78 is 66.3. The minimum atomic E-state index is -4.69. The Hall–Kier alpha value is -4.85. The fraction of sp³-hybridized carbons (Fsp3) is 0.394. The van der Waals surface area contributed by atoms with Crippen LogP contribution in [-0.4, -0.2) is 62.7 Å². The van der Waals surface area contributed by atoms with Crippen molar-refractivity contribution in [3.05, 3.63) is 76.0 Å². The monoisotopic (exact) mass is 654 g/mol. The predicted molar refractivity (Wildman–Crippen MR) is 155 cm³/mol. The highest BCUT2D eigenvalue weighted by Crippen LogP contribution is 2.52. The number of carbonyl (C=O) groups excluding carboxylic acids is 4. The lowest BCUT2D eigenvalue weighted by molar-refractivity contribution is -0.166. The van der Waals surface area contributed by atoms with Crippen molar-refractivity contribution in [3.8, 4) is 17.1 Å². The molecule has 246 valence electrons. The van der Waals surface area contributed by atoms with Crippen LogP contribution >= 0.6 is 0 Å². The van der Waals surface area contributed by atoms with Crippen molar-refractivity contribution in [2.45, 2.75) is 50.4 Å². The molecule has 0 N–H and O–H groups in total. The normalized spacial score (nSPS) is 19.0. The lowest BCUT2D eigenvalue weighted by Crippen LogP contribution is -2.36. The second-order valence-electron chi connectivity index (χ2n) is 11.8. The standard InChI is InChI=1S/C33H29F3N2O9/c1-18-14-46-30-22-8-9-23-21(27(22)29(42)28(41)26(18)30)7-4-10-31(23,2)17-47-24(39)15-43-11-12-44-25(40)16-45-20-6-3-5-19(13-20)32(37-38-32)33(34,35)36/h3,5-6,8-9,13-14H,4,7,10-12,15-17H2,1-2H3. The highest BCUT2D eigenvalue weighted by atomic mass is 19.4. The van der Waals surface area contributed by atoms with Crippen LogP contribution in [0.15, 0.2) is 57.3 Å². The van der Waals surface area contributed by atoms with Gasteiger partial charge in [0.15, 0.2) is 6.61 Å². The van der Waals surface area contributed by atoms with E-state index in [0.29, 0.717) is 40.9 Å². The molecule has 0 spiro atoms. The molecular weight excluding hydrogens is 625 g/mol. The Morgan fingerprint density at radius 2 is 1.72 bits per heavy atom. The third-order valence-corrected chi connectivity index (χ3v) is 8.55. The zero-order valence-corrected chi connectivity index (χ0v) is 25.4. The second-order valence-corrected chi connectivity index (χ2v) is 11.8. The number of hydrogen-bond acceptors (Lipinski definition) is 11. The number of nitrogens with zero attached hydrogens (tertiary/aromatic N) is 2. The molecule has 0 amide bonds. The zero-order chi connectivity index (χ0) is 33.6. The minimum absolute atomic E-state index is 0.00960. The highest BCUT2D eigenvalue weighted by molar-refractivity contribution is 6.53. The van der Waals surface area contributed by atoms with E-state index in [4.69, 9.17) is 23.4 Å². The average Bonchev–Trinajstić information content (AvgIpc) is 3.78. The van der Waals surface area contributed by atoms with E-state index in [-0.39, 0.29) is 31.1 Å². The number of halogens is 3. The summed E-state index contributed by atoms with van der Waals surface area (Å²) in [5.74, 6) is -2.18. The van der Waals surface area contributed by atoms with Gasteiger partial charge >= 0.3 is 23.8 Å². The van der Waals surface area contributed by atoms with Gasteiger partial charge in [-0.25, -0.2) is 9.59 Å². The molecule has 0 radical (unpaired) electrons. The summed E-state index contributed by atoms with van der Waals surface area (Å²) >= 11 is 0. The number of fused-ring (bicyclic) bond motifs is 5. The molecule has 2 heterocycles. The number of esters is 2. The Balaban J connectivity index is 0.955. The minimum Gasteiger partial charge on any atom is -0.482 e. The van der Waals surface area contributed by atoms with E-state index >= 15 is 0 Å². The number of benzene rings is 2. The molecule has 1 aromatic heterocycles. The SMILES string of the molecule is Cc1coc2c1C(=O)C(=O)c1c-2ccc2c1CCCC2(C)COC(=O)COCCOC(=O)COc1cccc(C2(C(F)(F)F)N=N2)c1. The van der Waals surface area contributed by atoms with Gasteiger partial charge in [0.1, 0.15) is 31.3 Å². The summed E-state index contributed by atoms with van der Waals surface area (Å²) in [6.07, 6.45) is -1.21. The molecule has 0 saturated carbocycles. The van der Waals surface area contributed by atoms with Gasteiger partial charge in [-0.05, 0) is 55.0 Å². The average molecular weight is 655 g/mol. The molecule has 2 aromatic carbocycles. The first kappa shape index (κ1) is 32.1. The van der Waals surface area contributed by atoms with Crippen LogP contribution in [0.1, 0.15) is 62.7 Å². The molecule has 3 aliphatic rings. The number of ketones is 2. The summed E-state index contributed by atoms with van der Waals surface area (Å²) in [5.41, 5.74) is 0.0127. The van der Waals surface area contributed by atoms with Crippen molar-refractivity contribution < 1.29 is 55.7 Å². The fourth-order valence-electron chi connectivity index (χ4n) is 6.09. The molecule has 1 unspecified atom stereocenters. The summed E-state index contributed by atoms with van der Waals surface area (Å²) in [6, 6.07) is 8.71. The quantitative estimate of drug-likeness (QED) is 0.147. The Bertz CT molecular complexity index is 1810. The van der Waals surface area contributed by atoms with E-state index in [0.717, 1.165) is 23.6 Å². The molecule has 6 rings (SSSR count). The van der Waals surface area contributed by atoms with E-state index in [1.54, 1.807) is 13.0 Å². The van der Waals surface area contributed by atoms with Crippen LogP contribution in [-0.2, 0) is 41.3 Å². The van der Waals surface area contributed by atoms with Crippen LogP contribution in [0.4, 0.5) is 13.2 Å². The van der Waals surface area contributed by atoms with Gasteiger partial charge in [-0.3, -0.25) is 9.59 Å². The number of ether oxygens (including phenoxy) is 4.